The summed E-state index contributed by atoms with van der Waals surface area (Å²) in [6.07, 6.45) is 1.78. The van der Waals surface area contributed by atoms with Gasteiger partial charge < -0.3 is 4.98 Å². The maximum atomic E-state index is 4.73. The van der Waals surface area contributed by atoms with E-state index in [-0.39, 0.29) is 0 Å². The van der Waals surface area contributed by atoms with Gasteiger partial charge in [0.25, 0.3) is 0 Å². The molecule has 0 unspecified atom stereocenters. The number of hydrogen-bond acceptors (Lipinski definition) is 2. The van der Waals surface area contributed by atoms with Crippen LogP contribution in [0.1, 0.15) is 0 Å². The van der Waals surface area contributed by atoms with E-state index in [9.17, 15) is 0 Å². The van der Waals surface area contributed by atoms with E-state index < -0.39 is 0 Å². The Morgan fingerprint density at radius 1 is 0.810 bits per heavy atom. The van der Waals surface area contributed by atoms with Crippen molar-refractivity contribution in [3.63, 3.8) is 0 Å². The standard InChI is InChI=1S/C18H11N3/c1-2-6-13-11(4-1)7-8-14-16(13)20-15-10-12-5-3-9-19-18(12)21-17(14)15/h1-10,20H. The Balaban J connectivity index is 2.04. The molecule has 5 rings (SSSR count). The van der Waals surface area contributed by atoms with Gasteiger partial charge in [-0.2, -0.15) is 0 Å². The largest absolute Gasteiger partial charge is 0.353 e. The lowest BCUT2D eigenvalue weighted by molar-refractivity contribution is 1.33. The summed E-state index contributed by atoms with van der Waals surface area (Å²) in [5.74, 6) is 0. The van der Waals surface area contributed by atoms with E-state index in [0.717, 1.165) is 33.0 Å². The van der Waals surface area contributed by atoms with Crippen LogP contribution >= 0.6 is 0 Å². The second kappa shape index (κ2) is 3.79. The first-order chi connectivity index (χ1) is 10.4. The summed E-state index contributed by atoms with van der Waals surface area (Å²) >= 11 is 0. The quantitative estimate of drug-likeness (QED) is 0.452. The highest BCUT2D eigenvalue weighted by molar-refractivity contribution is 6.16. The lowest BCUT2D eigenvalue weighted by atomic mass is 10.1. The predicted octanol–water partition coefficient (Wildman–Crippen LogP) is 4.42. The maximum Gasteiger partial charge on any atom is 0.159 e. The monoisotopic (exact) mass is 269 g/mol. The fourth-order valence-electron chi connectivity index (χ4n) is 3.04. The fraction of sp³-hybridized carbons (Fsp3) is 0. The Kier molecular flexibility index (Phi) is 1.95. The van der Waals surface area contributed by atoms with Crippen molar-refractivity contribution in [2.45, 2.75) is 0 Å². The molecule has 0 aliphatic heterocycles. The number of nitrogens with zero attached hydrogens (tertiary/aromatic N) is 2. The van der Waals surface area contributed by atoms with Gasteiger partial charge in [-0.15, -0.1) is 0 Å². The average molecular weight is 269 g/mol. The van der Waals surface area contributed by atoms with Crippen molar-refractivity contribution in [2.75, 3.05) is 0 Å². The molecule has 0 amide bonds. The Bertz CT molecular complexity index is 1140. The molecule has 0 bridgehead atoms. The lowest BCUT2D eigenvalue weighted by Crippen LogP contribution is -1.83. The normalized spacial score (nSPS) is 11.8. The van der Waals surface area contributed by atoms with E-state index in [1.807, 2.05) is 12.1 Å². The van der Waals surface area contributed by atoms with Crippen molar-refractivity contribution in [1.82, 2.24) is 15.0 Å². The number of aromatic nitrogens is 3. The van der Waals surface area contributed by atoms with Gasteiger partial charge in [0.15, 0.2) is 5.65 Å². The molecule has 3 nitrogen and oxygen atoms in total. The minimum absolute atomic E-state index is 0.791. The van der Waals surface area contributed by atoms with Gasteiger partial charge in [-0.1, -0.05) is 30.3 Å². The molecule has 3 heteroatoms. The van der Waals surface area contributed by atoms with Crippen LogP contribution in [-0.4, -0.2) is 15.0 Å². The van der Waals surface area contributed by atoms with E-state index in [4.69, 9.17) is 4.98 Å². The molecule has 0 atom stereocenters. The summed E-state index contributed by atoms with van der Waals surface area (Å²) in [5.41, 5.74) is 3.98. The molecular formula is C18H11N3. The third-order valence-corrected chi connectivity index (χ3v) is 4.03. The first-order valence-corrected chi connectivity index (χ1v) is 6.95. The van der Waals surface area contributed by atoms with Gasteiger partial charge in [-0.05, 0) is 29.7 Å². The van der Waals surface area contributed by atoms with Crippen molar-refractivity contribution >= 4 is 43.7 Å². The molecule has 1 N–H and O–H groups in total. The second-order valence-electron chi connectivity index (χ2n) is 5.27. The van der Waals surface area contributed by atoms with Gasteiger partial charge in [0.1, 0.15) is 0 Å². The van der Waals surface area contributed by atoms with Crippen LogP contribution in [0.25, 0.3) is 43.7 Å². The van der Waals surface area contributed by atoms with Crippen molar-refractivity contribution in [3.8, 4) is 0 Å². The van der Waals surface area contributed by atoms with E-state index >= 15 is 0 Å². The molecule has 2 aromatic carbocycles. The van der Waals surface area contributed by atoms with Crippen molar-refractivity contribution in [3.05, 3.63) is 60.8 Å². The highest BCUT2D eigenvalue weighted by atomic mass is 14.9. The van der Waals surface area contributed by atoms with Crippen LogP contribution in [0.3, 0.4) is 0 Å². The number of rotatable bonds is 0. The number of aromatic amines is 1. The lowest BCUT2D eigenvalue weighted by Gasteiger charge is -1.98. The Morgan fingerprint density at radius 3 is 2.71 bits per heavy atom. The molecule has 21 heavy (non-hydrogen) atoms. The third-order valence-electron chi connectivity index (χ3n) is 4.03. The van der Waals surface area contributed by atoms with Crippen LogP contribution < -0.4 is 0 Å². The number of benzene rings is 2. The molecule has 3 heterocycles. The number of nitrogens with one attached hydrogen (secondary N) is 1. The van der Waals surface area contributed by atoms with E-state index in [1.54, 1.807) is 6.20 Å². The fourth-order valence-corrected chi connectivity index (χ4v) is 3.04. The summed E-state index contributed by atoms with van der Waals surface area (Å²) in [4.78, 5) is 12.6. The summed E-state index contributed by atoms with van der Waals surface area (Å²) in [6.45, 7) is 0. The first kappa shape index (κ1) is 10.8. The van der Waals surface area contributed by atoms with Crippen molar-refractivity contribution < 1.29 is 0 Å². The molecule has 0 aliphatic rings. The molecule has 0 radical (unpaired) electrons. The Labute approximate surface area is 120 Å². The van der Waals surface area contributed by atoms with Crippen LogP contribution in [-0.2, 0) is 0 Å². The number of fused-ring (bicyclic) bond motifs is 6. The molecule has 0 spiro atoms. The SMILES string of the molecule is c1cnc2nc3c(cc2c1)[nH]c1c2ccccc2ccc31. The highest BCUT2D eigenvalue weighted by Crippen LogP contribution is 2.31. The molecule has 0 fully saturated rings. The van der Waals surface area contributed by atoms with Gasteiger partial charge in [-0.25, -0.2) is 9.97 Å². The summed E-state index contributed by atoms with van der Waals surface area (Å²) in [7, 11) is 0. The molecule has 98 valence electrons. The summed E-state index contributed by atoms with van der Waals surface area (Å²) in [5, 5.41) is 4.67. The van der Waals surface area contributed by atoms with E-state index in [0.29, 0.717) is 0 Å². The van der Waals surface area contributed by atoms with Gasteiger partial charge >= 0.3 is 0 Å². The van der Waals surface area contributed by atoms with E-state index in [2.05, 4.69) is 52.4 Å². The van der Waals surface area contributed by atoms with Crippen molar-refractivity contribution in [2.24, 2.45) is 0 Å². The van der Waals surface area contributed by atoms with Gasteiger partial charge in [0, 0.05) is 22.4 Å². The highest BCUT2D eigenvalue weighted by Gasteiger charge is 2.10. The van der Waals surface area contributed by atoms with Crippen LogP contribution in [0.15, 0.2) is 60.8 Å². The maximum absolute atomic E-state index is 4.73. The first-order valence-electron chi connectivity index (χ1n) is 6.95. The minimum Gasteiger partial charge on any atom is -0.353 e. The smallest absolute Gasteiger partial charge is 0.159 e. The van der Waals surface area contributed by atoms with Gasteiger partial charge in [-0.3, -0.25) is 0 Å². The summed E-state index contributed by atoms with van der Waals surface area (Å²) in [6, 6.07) is 18.8. The zero-order chi connectivity index (χ0) is 13.8. The molecule has 0 saturated carbocycles. The minimum atomic E-state index is 0.791. The Hall–Kier alpha value is -2.94. The predicted molar refractivity (Wildman–Crippen MR) is 86.4 cm³/mol. The van der Waals surface area contributed by atoms with E-state index in [1.165, 1.54) is 10.8 Å². The zero-order valence-electron chi connectivity index (χ0n) is 11.2. The van der Waals surface area contributed by atoms with Crippen LogP contribution in [0, 0.1) is 0 Å². The van der Waals surface area contributed by atoms with Gasteiger partial charge in [0.2, 0.25) is 0 Å². The van der Waals surface area contributed by atoms with Crippen LogP contribution in [0.5, 0.6) is 0 Å². The number of H-pyrrole nitrogens is 1. The zero-order valence-corrected chi connectivity index (χ0v) is 11.2. The molecule has 0 aliphatic carbocycles. The average Bonchev–Trinajstić information content (AvgIpc) is 2.90. The van der Waals surface area contributed by atoms with Crippen LogP contribution in [0.2, 0.25) is 0 Å². The molecule has 3 aromatic heterocycles. The third kappa shape index (κ3) is 1.43. The molecular weight excluding hydrogens is 258 g/mol. The van der Waals surface area contributed by atoms with Crippen LogP contribution in [0.4, 0.5) is 0 Å². The van der Waals surface area contributed by atoms with Crippen molar-refractivity contribution in [1.29, 1.82) is 0 Å². The second-order valence-corrected chi connectivity index (χ2v) is 5.27. The topological polar surface area (TPSA) is 41.6 Å². The number of hydrogen-bond donors (Lipinski definition) is 1. The molecule has 5 aromatic rings. The summed E-state index contributed by atoms with van der Waals surface area (Å²) < 4.78 is 0. The molecule has 0 saturated heterocycles. The number of pyridine rings is 2. The Morgan fingerprint density at radius 2 is 1.71 bits per heavy atom. The van der Waals surface area contributed by atoms with Gasteiger partial charge in [0.05, 0.1) is 16.6 Å².